The van der Waals surface area contributed by atoms with Crippen LogP contribution in [0.5, 0.6) is 0 Å². The summed E-state index contributed by atoms with van der Waals surface area (Å²) in [7, 11) is 0. The fourth-order valence-corrected chi connectivity index (χ4v) is 2.09. The van der Waals surface area contributed by atoms with Crippen molar-refractivity contribution in [2.24, 2.45) is 0 Å². The Morgan fingerprint density at radius 1 is 1.25 bits per heavy atom. The predicted molar refractivity (Wildman–Crippen MR) is 75.4 cm³/mol. The van der Waals surface area contributed by atoms with Crippen molar-refractivity contribution in [3.05, 3.63) is 0 Å². The van der Waals surface area contributed by atoms with E-state index in [1.54, 1.807) is 0 Å². The van der Waals surface area contributed by atoms with E-state index in [9.17, 15) is 0 Å². The van der Waals surface area contributed by atoms with E-state index in [-0.39, 0.29) is 0 Å². The Morgan fingerprint density at radius 2 is 1.88 bits per heavy atom. The van der Waals surface area contributed by atoms with Gasteiger partial charge in [-0.05, 0) is 26.8 Å². The maximum absolute atomic E-state index is 5.69. The minimum Gasteiger partial charge on any atom is -0.377 e. The first-order valence-electron chi connectivity index (χ1n) is 6.34. The van der Waals surface area contributed by atoms with Crippen LogP contribution in [0.3, 0.4) is 0 Å². The van der Waals surface area contributed by atoms with Crippen LogP contribution in [0.1, 0.15) is 48.0 Å². The van der Waals surface area contributed by atoms with Gasteiger partial charge in [0, 0.05) is 16.5 Å². The van der Waals surface area contributed by atoms with E-state index < -0.39 is 0 Å². The molecule has 0 aliphatic heterocycles. The van der Waals surface area contributed by atoms with Crippen LogP contribution < -0.4 is 5.32 Å². The van der Waals surface area contributed by atoms with Crippen molar-refractivity contribution in [2.45, 2.75) is 64.9 Å². The molecular formula is C13H29NOS. The first-order valence-corrected chi connectivity index (χ1v) is 7.32. The molecule has 98 valence electrons. The molecule has 1 unspecified atom stereocenters. The summed E-state index contributed by atoms with van der Waals surface area (Å²) in [6.45, 7) is 15.1. The lowest BCUT2D eigenvalue weighted by Crippen LogP contribution is -2.38. The van der Waals surface area contributed by atoms with Gasteiger partial charge in [0.1, 0.15) is 0 Å². The molecule has 0 fully saturated rings. The molecule has 0 heterocycles. The maximum atomic E-state index is 5.69. The van der Waals surface area contributed by atoms with Gasteiger partial charge in [-0.2, -0.15) is 11.8 Å². The van der Waals surface area contributed by atoms with Gasteiger partial charge in [0.25, 0.3) is 0 Å². The molecule has 0 bridgehead atoms. The van der Waals surface area contributed by atoms with Crippen molar-refractivity contribution in [1.82, 2.24) is 5.32 Å². The van der Waals surface area contributed by atoms with Crippen LogP contribution in [-0.4, -0.2) is 35.8 Å². The monoisotopic (exact) mass is 247 g/mol. The molecule has 0 aliphatic rings. The zero-order valence-electron chi connectivity index (χ0n) is 11.8. The summed E-state index contributed by atoms with van der Waals surface area (Å²) in [4.78, 5) is 0. The molecule has 1 N–H and O–H groups in total. The van der Waals surface area contributed by atoms with Crippen molar-refractivity contribution in [2.75, 3.05) is 18.9 Å². The molecule has 0 saturated heterocycles. The molecule has 0 radical (unpaired) electrons. The van der Waals surface area contributed by atoms with Crippen LogP contribution in [0, 0.1) is 0 Å². The van der Waals surface area contributed by atoms with E-state index in [0.29, 0.717) is 16.9 Å². The number of hydrogen-bond acceptors (Lipinski definition) is 3. The molecule has 0 saturated carbocycles. The summed E-state index contributed by atoms with van der Waals surface area (Å²) < 4.78 is 6.03. The summed E-state index contributed by atoms with van der Waals surface area (Å²) >= 11 is 2.00. The van der Waals surface area contributed by atoms with Crippen molar-refractivity contribution >= 4 is 11.8 Å². The van der Waals surface area contributed by atoms with Gasteiger partial charge in [0.15, 0.2) is 0 Å². The van der Waals surface area contributed by atoms with E-state index in [0.717, 1.165) is 18.9 Å². The zero-order chi connectivity index (χ0) is 12.6. The summed E-state index contributed by atoms with van der Waals surface area (Å²) in [5.74, 6) is 1.12. The number of thioether (sulfide) groups is 1. The number of hydrogen-bond donors (Lipinski definition) is 1. The largest absolute Gasteiger partial charge is 0.377 e. The lowest BCUT2D eigenvalue weighted by molar-refractivity contribution is 0.0655. The quantitative estimate of drug-likeness (QED) is 0.711. The van der Waals surface area contributed by atoms with E-state index >= 15 is 0 Å². The SMILES string of the molecule is CCCNC(COC(C)C)CSC(C)(C)C. The Bertz CT molecular complexity index is 166. The van der Waals surface area contributed by atoms with Gasteiger partial charge in [-0.1, -0.05) is 27.7 Å². The molecule has 0 aromatic carbocycles. The molecule has 0 spiro atoms. The number of rotatable bonds is 8. The predicted octanol–water partition coefficient (Wildman–Crippen LogP) is 3.31. The summed E-state index contributed by atoms with van der Waals surface area (Å²) in [5, 5.41) is 3.55. The van der Waals surface area contributed by atoms with Crippen molar-refractivity contribution in [3.63, 3.8) is 0 Å². The highest BCUT2D eigenvalue weighted by Gasteiger charge is 2.15. The first kappa shape index (κ1) is 16.3. The first-order chi connectivity index (χ1) is 7.35. The van der Waals surface area contributed by atoms with Gasteiger partial charge in [-0.25, -0.2) is 0 Å². The van der Waals surface area contributed by atoms with Crippen LogP contribution in [0.2, 0.25) is 0 Å². The molecular weight excluding hydrogens is 218 g/mol. The van der Waals surface area contributed by atoms with Crippen LogP contribution in [0.4, 0.5) is 0 Å². The Hall–Kier alpha value is 0.270. The summed E-state index contributed by atoms with van der Waals surface area (Å²) in [5.41, 5.74) is 0. The highest BCUT2D eigenvalue weighted by molar-refractivity contribution is 8.00. The third kappa shape index (κ3) is 10.8. The standard InChI is InChI=1S/C13H29NOS/c1-7-8-14-12(9-15-11(2)3)10-16-13(4,5)6/h11-12,14H,7-10H2,1-6H3. The third-order valence-electron chi connectivity index (χ3n) is 2.03. The molecule has 0 rings (SSSR count). The molecule has 0 aliphatic carbocycles. The molecule has 16 heavy (non-hydrogen) atoms. The Labute approximate surface area is 106 Å². The fraction of sp³-hybridized carbons (Fsp3) is 1.00. The second-order valence-electron chi connectivity index (χ2n) is 5.46. The van der Waals surface area contributed by atoms with Gasteiger partial charge in [-0.3, -0.25) is 0 Å². The second-order valence-corrected chi connectivity index (χ2v) is 7.30. The van der Waals surface area contributed by atoms with Gasteiger partial charge in [0.05, 0.1) is 12.7 Å². The Balaban J connectivity index is 3.89. The molecule has 0 aromatic heterocycles. The van der Waals surface area contributed by atoms with Crippen molar-refractivity contribution in [1.29, 1.82) is 0 Å². The van der Waals surface area contributed by atoms with E-state index in [4.69, 9.17) is 4.74 Å². The molecule has 3 heteroatoms. The van der Waals surface area contributed by atoms with Gasteiger partial charge in [-0.15, -0.1) is 0 Å². The smallest absolute Gasteiger partial charge is 0.0631 e. The van der Waals surface area contributed by atoms with Crippen LogP contribution in [-0.2, 0) is 4.74 Å². The van der Waals surface area contributed by atoms with Gasteiger partial charge < -0.3 is 10.1 Å². The Morgan fingerprint density at radius 3 is 2.31 bits per heavy atom. The van der Waals surface area contributed by atoms with E-state index in [2.05, 4.69) is 46.9 Å². The van der Waals surface area contributed by atoms with Gasteiger partial charge in [0.2, 0.25) is 0 Å². The van der Waals surface area contributed by atoms with E-state index in [1.807, 2.05) is 11.8 Å². The van der Waals surface area contributed by atoms with Crippen LogP contribution in [0.25, 0.3) is 0 Å². The summed E-state index contributed by atoms with van der Waals surface area (Å²) in [6, 6.07) is 0.478. The van der Waals surface area contributed by atoms with Crippen molar-refractivity contribution < 1.29 is 4.74 Å². The fourth-order valence-electron chi connectivity index (χ4n) is 1.17. The highest BCUT2D eigenvalue weighted by atomic mass is 32.2. The average molecular weight is 247 g/mol. The van der Waals surface area contributed by atoms with Crippen LogP contribution in [0.15, 0.2) is 0 Å². The molecule has 2 nitrogen and oxygen atoms in total. The highest BCUT2D eigenvalue weighted by Crippen LogP contribution is 2.23. The lowest BCUT2D eigenvalue weighted by atomic mass is 10.3. The zero-order valence-corrected chi connectivity index (χ0v) is 12.6. The minimum atomic E-state index is 0.325. The maximum Gasteiger partial charge on any atom is 0.0631 e. The number of nitrogens with one attached hydrogen (secondary N) is 1. The normalized spacial score (nSPS) is 14.4. The second kappa shape index (κ2) is 8.37. The third-order valence-corrected chi connectivity index (χ3v) is 3.47. The number of ether oxygens (including phenoxy) is 1. The van der Waals surface area contributed by atoms with E-state index in [1.165, 1.54) is 6.42 Å². The molecule has 0 amide bonds. The summed E-state index contributed by atoms with van der Waals surface area (Å²) in [6.07, 6.45) is 1.50. The van der Waals surface area contributed by atoms with Crippen LogP contribution >= 0.6 is 11.8 Å². The molecule has 0 aromatic rings. The van der Waals surface area contributed by atoms with Crippen molar-refractivity contribution in [3.8, 4) is 0 Å². The Kier molecular flexibility index (Phi) is 8.52. The molecule has 1 atom stereocenters. The topological polar surface area (TPSA) is 21.3 Å². The van der Waals surface area contributed by atoms with Gasteiger partial charge >= 0.3 is 0 Å². The average Bonchev–Trinajstić information content (AvgIpc) is 2.15. The lowest BCUT2D eigenvalue weighted by Gasteiger charge is -2.24. The minimum absolute atomic E-state index is 0.325.